The van der Waals surface area contributed by atoms with E-state index < -0.39 is 45.5 Å². The summed E-state index contributed by atoms with van der Waals surface area (Å²) in [6.07, 6.45) is 2.23. The van der Waals surface area contributed by atoms with Crippen LogP contribution in [0.3, 0.4) is 0 Å². The Morgan fingerprint density at radius 2 is 1.93 bits per heavy atom. The largest absolute Gasteiger partial charge is 0.502 e. The Morgan fingerprint density at radius 1 is 1.11 bits per heavy atom. The van der Waals surface area contributed by atoms with Gasteiger partial charge in [0.1, 0.15) is 19.3 Å². The van der Waals surface area contributed by atoms with Crippen molar-refractivity contribution >= 4 is 32.6 Å². The molecule has 0 amide bonds. The van der Waals surface area contributed by atoms with Crippen LogP contribution in [0.4, 0.5) is 5.82 Å². The first-order chi connectivity index (χ1) is 13.2. The first kappa shape index (κ1) is 16.3. The van der Waals surface area contributed by atoms with E-state index in [1.807, 2.05) is 0 Å². The third-order valence-corrected chi connectivity index (χ3v) is 7.77. The van der Waals surface area contributed by atoms with Crippen molar-refractivity contribution in [3.8, 4) is 0 Å². The van der Waals surface area contributed by atoms with Gasteiger partial charge in [-0.2, -0.15) is 4.62 Å². The topological polar surface area (TPSA) is 195 Å². The van der Waals surface area contributed by atoms with Gasteiger partial charge in [-0.1, -0.05) is 0 Å². The molecule has 0 aromatic carbocycles. The number of aliphatic hydroxyl groups is 2. The molecule has 18 heteroatoms. The van der Waals surface area contributed by atoms with E-state index in [0.717, 1.165) is 17.2 Å². The van der Waals surface area contributed by atoms with E-state index in [4.69, 9.17) is 32.0 Å². The zero-order valence-electron chi connectivity index (χ0n) is 13.1. The third kappa shape index (κ3) is 1.36. The van der Waals surface area contributed by atoms with Crippen LogP contribution in [0.2, 0.25) is 0 Å². The quantitative estimate of drug-likeness (QED) is 0.472. The summed E-state index contributed by atoms with van der Waals surface area (Å²) in [5.41, 5.74) is 2.37. The lowest BCUT2D eigenvalue weighted by Gasteiger charge is -2.36. The van der Waals surface area contributed by atoms with Gasteiger partial charge >= 0.3 is 33.1 Å². The maximum Gasteiger partial charge on any atom is 0.502 e. The molecule has 6 aliphatic rings. The molecule has 3 unspecified atom stereocenters. The van der Waals surface area contributed by atoms with Crippen molar-refractivity contribution in [2.45, 2.75) is 23.3 Å². The Bertz CT molecular complexity index is 1210. The van der Waals surface area contributed by atoms with Crippen LogP contribution in [0.1, 0.15) is 0 Å². The van der Waals surface area contributed by atoms with Gasteiger partial charge in [-0.15, -0.1) is 0 Å². The van der Waals surface area contributed by atoms with E-state index in [9.17, 15) is 19.3 Å². The first-order valence-electron chi connectivity index (χ1n) is 7.64. The number of hydrogen-bond donors (Lipinski definition) is 3. The average Bonchev–Trinajstić information content (AvgIpc) is 3.29. The highest BCUT2D eigenvalue weighted by Crippen LogP contribution is 2.87. The summed E-state index contributed by atoms with van der Waals surface area (Å²) in [6, 6.07) is 0. The zero-order chi connectivity index (χ0) is 19.2. The number of nitrogens with zero attached hydrogens (tertiary/aromatic N) is 4. The second kappa shape index (κ2) is 4.16. The fraction of sp³-hybridized carbons (Fsp3) is 0.500. The lowest BCUT2D eigenvalue weighted by Crippen LogP contribution is -2.65. The smallest absolute Gasteiger partial charge is 0.391 e. The summed E-state index contributed by atoms with van der Waals surface area (Å²) in [6.45, 7) is -1.09. The molecule has 10 bridgehead atoms. The van der Waals surface area contributed by atoms with Crippen LogP contribution in [-0.4, -0.2) is 53.7 Å². The van der Waals surface area contributed by atoms with Crippen LogP contribution in [-0.2, 0) is 47.0 Å². The van der Waals surface area contributed by atoms with E-state index >= 15 is 0 Å². The number of ether oxygens (including phenoxy) is 1. The standard InChI is InChI=1S/C10H7N5O11P2/c16-1-7-9-8(17)10(20-7,25-27(18,22-8)23-9)15-3-13-4-5(11-2-12-6(4)15)14-26-28(19,21-7)24-9/h2-3,16-17H,1H2,(H,11,12,14)/t7-,8+,9?,10+,27?,28?/m0/s1. The van der Waals surface area contributed by atoms with Crippen LogP contribution < -0.4 is 5.48 Å². The minimum atomic E-state index is -4.64. The van der Waals surface area contributed by atoms with Crippen molar-refractivity contribution in [3.63, 3.8) is 0 Å². The van der Waals surface area contributed by atoms with Crippen LogP contribution in [0.15, 0.2) is 12.7 Å². The predicted octanol–water partition coefficient (Wildman–Crippen LogP) is -0.763. The van der Waals surface area contributed by atoms with Crippen molar-refractivity contribution in [2.24, 2.45) is 0 Å². The van der Waals surface area contributed by atoms with Crippen LogP contribution in [0.5, 0.6) is 0 Å². The number of aliphatic hydroxyl groups excluding tert-OH is 1. The Hall–Kier alpha value is -1.55. The predicted molar refractivity (Wildman–Crippen MR) is 77.2 cm³/mol. The van der Waals surface area contributed by atoms with Gasteiger partial charge in [0.15, 0.2) is 17.0 Å². The van der Waals surface area contributed by atoms with Gasteiger partial charge in [-0.3, -0.25) is 9.30 Å². The normalized spacial score (nSPS) is 52.5. The Kier molecular flexibility index (Phi) is 2.42. The molecule has 3 N–H and O–H groups in total. The molecular weight excluding hydrogens is 428 g/mol. The van der Waals surface area contributed by atoms with E-state index in [0.29, 0.717) is 0 Å². The van der Waals surface area contributed by atoms with Gasteiger partial charge in [0.2, 0.25) is 0 Å². The van der Waals surface area contributed by atoms with E-state index in [1.165, 1.54) is 0 Å². The number of imidazole rings is 1. The monoisotopic (exact) mass is 435 g/mol. The lowest BCUT2D eigenvalue weighted by molar-refractivity contribution is -0.365. The Balaban J connectivity index is 1.65. The lowest BCUT2D eigenvalue weighted by atomic mass is 9.98. The molecule has 6 atom stereocenters. The van der Waals surface area contributed by atoms with E-state index in [-0.39, 0.29) is 17.0 Å². The highest BCUT2D eigenvalue weighted by Gasteiger charge is 3.01. The molecular formula is C10H7N5O11P2. The molecule has 2 spiro atoms. The summed E-state index contributed by atoms with van der Waals surface area (Å²) in [5, 5.41) is 21.4. The molecule has 4 saturated heterocycles. The Morgan fingerprint density at radius 3 is 2.71 bits per heavy atom. The van der Waals surface area contributed by atoms with Crippen molar-refractivity contribution in [1.29, 1.82) is 0 Å². The first-order valence-corrected chi connectivity index (χ1v) is 10.6. The highest BCUT2D eigenvalue weighted by atomic mass is 31.2. The van der Waals surface area contributed by atoms with E-state index in [1.54, 1.807) is 0 Å². The molecule has 0 saturated carbocycles. The molecule has 4 fully saturated rings. The highest BCUT2D eigenvalue weighted by molar-refractivity contribution is 7.50. The van der Waals surface area contributed by atoms with Gasteiger partial charge in [0.25, 0.3) is 5.79 Å². The van der Waals surface area contributed by atoms with Crippen LogP contribution in [0.25, 0.3) is 11.2 Å². The number of rotatable bonds is 1. The summed E-state index contributed by atoms with van der Waals surface area (Å²) in [4.78, 5) is 12.1. The Labute approximate surface area is 152 Å². The van der Waals surface area contributed by atoms with Gasteiger partial charge in [0, 0.05) is 0 Å². The van der Waals surface area contributed by atoms with Crippen molar-refractivity contribution < 1.29 is 51.3 Å². The fourth-order valence-corrected chi connectivity index (χ4v) is 7.35. The number of phosphoric acid groups is 2. The van der Waals surface area contributed by atoms with Crippen LogP contribution >= 0.6 is 15.6 Å². The molecule has 6 aliphatic heterocycles. The zero-order valence-corrected chi connectivity index (χ0v) is 14.9. The van der Waals surface area contributed by atoms with Gasteiger partial charge < -0.3 is 10.2 Å². The summed E-state index contributed by atoms with van der Waals surface area (Å²) in [7, 11) is -9.18. The number of aromatic nitrogens is 4. The number of fused-ring (bicyclic) bond motifs is 2. The van der Waals surface area contributed by atoms with Gasteiger partial charge in [-0.05, 0) is 0 Å². The fourth-order valence-electron chi connectivity index (χ4n) is 3.95. The van der Waals surface area contributed by atoms with Crippen LogP contribution in [0, 0.1) is 0 Å². The van der Waals surface area contributed by atoms with Crippen molar-refractivity contribution in [2.75, 3.05) is 12.1 Å². The summed E-state index contributed by atoms with van der Waals surface area (Å²) in [5.74, 6) is -10.6. The van der Waals surface area contributed by atoms with Crippen molar-refractivity contribution in [1.82, 2.24) is 19.5 Å². The molecule has 0 aliphatic carbocycles. The van der Waals surface area contributed by atoms with Gasteiger partial charge in [0.05, 0.1) is 0 Å². The number of anilines is 1. The number of phosphoric ester groups is 2. The van der Waals surface area contributed by atoms with Crippen molar-refractivity contribution in [3.05, 3.63) is 12.7 Å². The molecule has 8 heterocycles. The van der Waals surface area contributed by atoms with Gasteiger partial charge in [-0.25, -0.2) is 52.2 Å². The molecule has 2 aromatic heterocycles. The maximum atomic E-state index is 13.0. The molecule has 16 nitrogen and oxygen atoms in total. The molecule has 28 heavy (non-hydrogen) atoms. The SMILES string of the molecule is O=P12ONc3ncnc4c3ncn4[C@]34O[C@@](CO)(O1)C1(O2)OP(=O)(O3)O[C@]14O. The minimum Gasteiger partial charge on any atom is -0.391 e. The minimum absolute atomic E-state index is 0.0137. The second-order valence-corrected chi connectivity index (χ2v) is 9.29. The summed E-state index contributed by atoms with van der Waals surface area (Å²) >= 11 is 0. The third-order valence-electron chi connectivity index (χ3n) is 5.01. The number of nitrogens with one attached hydrogen (secondary N) is 1. The molecule has 8 rings (SSSR count). The molecule has 0 radical (unpaired) electrons. The number of hydrogen-bond acceptors (Lipinski definition) is 15. The average molecular weight is 435 g/mol. The second-order valence-electron chi connectivity index (χ2n) is 6.41. The van der Waals surface area contributed by atoms with E-state index in [2.05, 4.69) is 20.4 Å². The maximum absolute atomic E-state index is 13.0. The molecule has 148 valence electrons. The molecule has 2 aromatic rings. The summed E-state index contributed by atoms with van der Waals surface area (Å²) < 4.78 is 63.9.